The molecule has 1 fully saturated rings. The molecule has 0 bridgehead atoms. The van der Waals surface area contributed by atoms with Crippen LogP contribution in [0.25, 0.3) is 10.8 Å². The molecular formula is C18H23N3O4S. The van der Waals surface area contributed by atoms with Crippen molar-refractivity contribution < 1.29 is 18.7 Å². The molecule has 0 aliphatic carbocycles. The zero-order valence-corrected chi connectivity index (χ0v) is 15.8. The molecule has 7 nitrogen and oxygen atoms in total. The number of aromatic nitrogens is 1. The van der Waals surface area contributed by atoms with Crippen molar-refractivity contribution >= 4 is 23.3 Å². The Morgan fingerprint density at radius 3 is 2.77 bits per heavy atom. The predicted molar refractivity (Wildman–Crippen MR) is 98.1 cm³/mol. The number of rotatable bonds is 4. The maximum Gasteiger partial charge on any atom is 0.409 e. The van der Waals surface area contributed by atoms with Gasteiger partial charge in [-0.2, -0.15) is 0 Å². The highest BCUT2D eigenvalue weighted by Gasteiger charge is 2.25. The van der Waals surface area contributed by atoms with Crippen LogP contribution < -0.4 is 0 Å². The highest BCUT2D eigenvalue weighted by molar-refractivity contribution is 7.13. The van der Waals surface area contributed by atoms with E-state index in [1.165, 1.54) is 11.3 Å². The van der Waals surface area contributed by atoms with Crippen LogP contribution in [0.5, 0.6) is 0 Å². The van der Waals surface area contributed by atoms with Crippen LogP contribution in [0.2, 0.25) is 0 Å². The van der Waals surface area contributed by atoms with Crippen LogP contribution in [0.15, 0.2) is 28.2 Å². The summed E-state index contributed by atoms with van der Waals surface area (Å²) in [5.74, 6) is 0.845. The van der Waals surface area contributed by atoms with Gasteiger partial charge >= 0.3 is 6.09 Å². The lowest BCUT2D eigenvalue weighted by Crippen LogP contribution is -2.38. The average molecular weight is 377 g/mol. The molecule has 3 heterocycles. The minimum Gasteiger partial charge on any atom is -0.462 e. The van der Waals surface area contributed by atoms with Gasteiger partial charge in [-0.25, -0.2) is 9.78 Å². The second-order valence-electron chi connectivity index (χ2n) is 6.62. The molecule has 0 unspecified atom stereocenters. The van der Waals surface area contributed by atoms with Crippen LogP contribution in [-0.2, 0) is 4.74 Å². The van der Waals surface area contributed by atoms with E-state index in [-0.39, 0.29) is 12.0 Å². The first-order valence-electron chi connectivity index (χ1n) is 8.75. The fourth-order valence-electron chi connectivity index (χ4n) is 2.68. The summed E-state index contributed by atoms with van der Waals surface area (Å²) in [6.45, 7) is 6.55. The second-order valence-corrected chi connectivity index (χ2v) is 7.48. The van der Waals surface area contributed by atoms with Crippen molar-refractivity contribution in [3.05, 3.63) is 29.5 Å². The molecule has 2 amide bonds. The lowest BCUT2D eigenvalue weighted by Gasteiger charge is -2.21. The van der Waals surface area contributed by atoms with E-state index in [0.717, 1.165) is 6.42 Å². The number of thiazole rings is 1. The number of nitrogens with zero attached hydrogens (tertiary/aromatic N) is 3. The van der Waals surface area contributed by atoms with E-state index in [1.807, 2.05) is 19.9 Å². The molecular weight excluding hydrogens is 354 g/mol. The summed E-state index contributed by atoms with van der Waals surface area (Å²) in [5, 5.41) is 2.44. The van der Waals surface area contributed by atoms with Crippen molar-refractivity contribution in [2.24, 2.45) is 5.92 Å². The molecule has 0 atom stereocenters. The number of hydrogen-bond acceptors (Lipinski definition) is 6. The fraction of sp³-hybridized carbons (Fsp3) is 0.500. The van der Waals surface area contributed by atoms with Crippen molar-refractivity contribution in [1.82, 2.24) is 14.8 Å². The second kappa shape index (κ2) is 8.35. The summed E-state index contributed by atoms with van der Waals surface area (Å²) in [7, 11) is 0. The van der Waals surface area contributed by atoms with Gasteiger partial charge in [0.25, 0.3) is 5.91 Å². The molecule has 0 saturated carbocycles. The molecule has 0 spiro atoms. The Kier molecular flexibility index (Phi) is 5.92. The van der Waals surface area contributed by atoms with E-state index in [1.54, 1.807) is 27.5 Å². The molecule has 1 aliphatic rings. The standard InChI is InChI=1S/C18H23N3O4S/c1-13(2)11-25-18(23)21-7-4-6-20(8-9-21)17(22)14-12-26-16(19-14)15-5-3-10-24-15/h3,5,10,12-13H,4,6-9,11H2,1-2H3. The number of carbonyl (C=O) groups excluding carboxylic acids is 2. The van der Waals surface area contributed by atoms with E-state index in [9.17, 15) is 9.59 Å². The largest absolute Gasteiger partial charge is 0.462 e. The zero-order chi connectivity index (χ0) is 18.5. The first-order valence-corrected chi connectivity index (χ1v) is 9.63. The van der Waals surface area contributed by atoms with Crippen LogP contribution in [-0.4, -0.2) is 59.6 Å². The molecule has 26 heavy (non-hydrogen) atoms. The van der Waals surface area contributed by atoms with Crippen LogP contribution in [0.4, 0.5) is 4.79 Å². The summed E-state index contributed by atoms with van der Waals surface area (Å²) in [4.78, 5) is 32.7. The Morgan fingerprint density at radius 2 is 2.04 bits per heavy atom. The Hall–Kier alpha value is -2.35. The van der Waals surface area contributed by atoms with Crippen molar-refractivity contribution in [2.75, 3.05) is 32.8 Å². The van der Waals surface area contributed by atoms with Gasteiger partial charge in [0.2, 0.25) is 0 Å². The van der Waals surface area contributed by atoms with E-state index in [0.29, 0.717) is 55.2 Å². The number of ether oxygens (including phenoxy) is 1. The molecule has 1 aliphatic heterocycles. The van der Waals surface area contributed by atoms with Gasteiger partial charge < -0.3 is 19.0 Å². The highest BCUT2D eigenvalue weighted by atomic mass is 32.1. The Bertz CT molecular complexity index is 741. The predicted octanol–water partition coefficient (Wildman–Crippen LogP) is 3.34. The first kappa shape index (κ1) is 18.4. The third-order valence-electron chi connectivity index (χ3n) is 4.04. The van der Waals surface area contributed by atoms with E-state index in [4.69, 9.17) is 9.15 Å². The third-order valence-corrected chi connectivity index (χ3v) is 4.89. The number of hydrogen-bond donors (Lipinski definition) is 0. The summed E-state index contributed by atoms with van der Waals surface area (Å²) in [6, 6.07) is 3.61. The number of furan rings is 1. The number of amides is 2. The Labute approximate surface area is 156 Å². The van der Waals surface area contributed by atoms with Gasteiger partial charge in [0.1, 0.15) is 5.69 Å². The van der Waals surface area contributed by atoms with Crippen LogP contribution in [0, 0.1) is 5.92 Å². The summed E-state index contributed by atoms with van der Waals surface area (Å²) in [5.41, 5.74) is 0.414. The topological polar surface area (TPSA) is 75.9 Å². The molecule has 0 N–H and O–H groups in total. The lowest BCUT2D eigenvalue weighted by molar-refractivity contribution is 0.0742. The lowest BCUT2D eigenvalue weighted by atomic mass is 10.2. The smallest absolute Gasteiger partial charge is 0.409 e. The highest BCUT2D eigenvalue weighted by Crippen LogP contribution is 2.24. The molecule has 0 radical (unpaired) electrons. The van der Waals surface area contributed by atoms with Gasteiger partial charge in [-0.3, -0.25) is 4.79 Å². The maximum absolute atomic E-state index is 12.7. The van der Waals surface area contributed by atoms with Gasteiger partial charge in [0, 0.05) is 31.6 Å². The first-order chi connectivity index (χ1) is 12.5. The Morgan fingerprint density at radius 1 is 1.27 bits per heavy atom. The molecule has 1 saturated heterocycles. The molecule has 140 valence electrons. The van der Waals surface area contributed by atoms with Gasteiger partial charge in [-0.1, -0.05) is 13.8 Å². The third kappa shape index (κ3) is 4.43. The molecule has 2 aromatic rings. The van der Waals surface area contributed by atoms with Crippen molar-refractivity contribution in [2.45, 2.75) is 20.3 Å². The van der Waals surface area contributed by atoms with Crippen molar-refractivity contribution in [3.8, 4) is 10.8 Å². The minimum absolute atomic E-state index is 0.114. The molecule has 2 aromatic heterocycles. The van der Waals surface area contributed by atoms with Gasteiger partial charge in [0.15, 0.2) is 10.8 Å². The SMILES string of the molecule is CC(C)COC(=O)N1CCCN(C(=O)c2csc(-c3ccco3)n2)CC1. The van der Waals surface area contributed by atoms with Crippen LogP contribution in [0.3, 0.4) is 0 Å². The normalized spacial score (nSPS) is 15.2. The monoisotopic (exact) mass is 377 g/mol. The van der Waals surface area contributed by atoms with Crippen LogP contribution >= 0.6 is 11.3 Å². The fourth-order valence-corrected chi connectivity index (χ4v) is 3.44. The van der Waals surface area contributed by atoms with Gasteiger partial charge in [-0.05, 0) is 24.5 Å². The molecule has 8 heteroatoms. The average Bonchev–Trinajstić information content (AvgIpc) is 3.26. The van der Waals surface area contributed by atoms with Gasteiger partial charge in [-0.15, -0.1) is 11.3 Å². The molecule has 0 aromatic carbocycles. The summed E-state index contributed by atoms with van der Waals surface area (Å²) in [6.07, 6.45) is 2.00. The van der Waals surface area contributed by atoms with Crippen molar-refractivity contribution in [3.63, 3.8) is 0 Å². The molecule has 3 rings (SSSR count). The quantitative estimate of drug-likeness (QED) is 0.817. The maximum atomic E-state index is 12.7. The van der Waals surface area contributed by atoms with E-state index >= 15 is 0 Å². The van der Waals surface area contributed by atoms with E-state index in [2.05, 4.69) is 4.98 Å². The number of carbonyl (C=O) groups is 2. The minimum atomic E-state index is -0.304. The van der Waals surface area contributed by atoms with Crippen molar-refractivity contribution in [1.29, 1.82) is 0 Å². The summed E-state index contributed by atoms with van der Waals surface area (Å²) >= 11 is 1.38. The van der Waals surface area contributed by atoms with E-state index < -0.39 is 0 Å². The zero-order valence-electron chi connectivity index (χ0n) is 15.0. The van der Waals surface area contributed by atoms with Crippen LogP contribution in [0.1, 0.15) is 30.8 Å². The summed E-state index contributed by atoms with van der Waals surface area (Å²) < 4.78 is 10.6. The van der Waals surface area contributed by atoms with Gasteiger partial charge in [0.05, 0.1) is 12.9 Å². The Balaban J connectivity index is 1.58.